The Hall–Kier alpha value is -3.86. The Morgan fingerprint density at radius 1 is 1.00 bits per heavy atom. The summed E-state index contributed by atoms with van der Waals surface area (Å²) in [4.78, 5) is 18.1. The number of aromatic nitrogens is 1. The second-order valence-electron chi connectivity index (χ2n) is 7.34. The van der Waals surface area contributed by atoms with Crippen LogP contribution in [0.25, 0.3) is 22.7 Å². The van der Waals surface area contributed by atoms with Gasteiger partial charge in [0.15, 0.2) is 11.4 Å². The molecule has 0 amide bonds. The zero-order valence-electron chi connectivity index (χ0n) is 18.2. The van der Waals surface area contributed by atoms with Gasteiger partial charge in [0.25, 0.3) is 0 Å². The van der Waals surface area contributed by atoms with Crippen molar-refractivity contribution in [2.45, 2.75) is 19.8 Å². The number of ether oxygens (including phenoxy) is 2. The molecular formula is C27H25NO4. The van der Waals surface area contributed by atoms with E-state index in [1.165, 1.54) is 0 Å². The lowest BCUT2D eigenvalue weighted by Gasteiger charge is -2.08. The Kier molecular flexibility index (Phi) is 6.66. The first-order valence-corrected chi connectivity index (χ1v) is 10.7. The van der Waals surface area contributed by atoms with E-state index >= 15 is 0 Å². The third-order valence-electron chi connectivity index (χ3n) is 5.09. The van der Waals surface area contributed by atoms with E-state index < -0.39 is 0 Å². The molecule has 0 radical (unpaired) electrons. The zero-order valence-corrected chi connectivity index (χ0v) is 18.2. The second kappa shape index (κ2) is 9.96. The van der Waals surface area contributed by atoms with E-state index in [9.17, 15) is 4.79 Å². The lowest BCUT2D eigenvalue weighted by atomic mass is 10.0. The van der Waals surface area contributed by atoms with Gasteiger partial charge >= 0.3 is 0 Å². The molecule has 0 atom stereocenters. The Labute approximate surface area is 187 Å². The highest BCUT2D eigenvalue weighted by molar-refractivity contribution is 6.31. The molecule has 4 rings (SSSR count). The molecule has 0 saturated carbocycles. The van der Waals surface area contributed by atoms with Crippen molar-refractivity contribution in [1.82, 2.24) is 4.98 Å². The number of methoxy groups -OCH3 is 1. The van der Waals surface area contributed by atoms with Gasteiger partial charge in [-0.2, -0.15) is 0 Å². The normalized spacial score (nSPS) is 11.5. The van der Waals surface area contributed by atoms with Gasteiger partial charge in [0.05, 0.1) is 19.3 Å². The predicted molar refractivity (Wildman–Crippen MR) is 126 cm³/mol. The number of carbonyl (C=O) groups excluding carboxylic acids is 1. The molecule has 4 aromatic rings. The molecule has 0 unspecified atom stereocenters. The van der Waals surface area contributed by atoms with Crippen molar-refractivity contribution >= 4 is 28.5 Å². The van der Waals surface area contributed by atoms with Crippen LogP contribution in [0.1, 0.15) is 41.6 Å². The van der Waals surface area contributed by atoms with Crippen molar-refractivity contribution in [3.8, 4) is 11.5 Å². The lowest BCUT2D eigenvalue weighted by molar-refractivity contribution is 0.105. The Balaban J connectivity index is 1.73. The van der Waals surface area contributed by atoms with E-state index in [2.05, 4.69) is 11.9 Å². The summed E-state index contributed by atoms with van der Waals surface area (Å²) in [5.41, 5.74) is 2.96. The molecule has 32 heavy (non-hydrogen) atoms. The van der Waals surface area contributed by atoms with Gasteiger partial charge in [0.1, 0.15) is 17.0 Å². The van der Waals surface area contributed by atoms with Crippen LogP contribution >= 0.6 is 0 Å². The smallest absolute Gasteiger partial charge is 0.231 e. The van der Waals surface area contributed by atoms with Crippen LogP contribution < -0.4 is 9.47 Å². The average molecular weight is 428 g/mol. The minimum atomic E-state index is -0.192. The molecule has 0 bridgehead atoms. The molecule has 0 aliphatic rings. The van der Waals surface area contributed by atoms with Gasteiger partial charge in [-0.15, -0.1) is 0 Å². The van der Waals surface area contributed by atoms with E-state index in [0.29, 0.717) is 34.6 Å². The van der Waals surface area contributed by atoms with Crippen LogP contribution in [0.4, 0.5) is 0 Å². The number of unbranched alkanes of at least 4 members (excludes halogenated alkanes) is 1. The quantitative estimate of drug-likeness (QED) is 0.175. The van der Waals surface area contributed by atoms with Gasteiger partial charge in [0.2, 0.25) is 5.89 Å². The van der Waals surface area contributed by atoms with Gasteiger partial charge in [-0.3, -0.25) is 4.79 Å². The topological polar surface area (TPSA) is 61.6 Å². The largest absolute Gasteiger partial charge is 0.496 e. The van der Waals surface area contributed by atoms with Crippen LogP contribution in [0.15, 0.2) is 77.2 Å². The number of Topliss-reactive ketones (excluding diaryl/α,β-unsaturated/α-hetero) is 1. The van der Waals surface area contributed by atoms with Crippen LogP contribution in [0, 0.1) is 0 Å². The summed E-state index contributed by atoms with van der Waals surface area (Å²) in [6.07, 6.45) is 3.82. The number of rotatable bonds is 9. The first kappa shape index (κ1) is 21.4. The van der Waals surface area contributed by atoms with Crippen molar-refractivity contribution in [2.75, 3.05) is 13.7 Å². The van der Waals surface area contributed by atoms with Gasteiger partial charge in [-0.1, -0.05) is 43.7 Å². The third kappa shape index (κ3) is 4.72. The number of para-hydroxylation sites is 3. The third-order valence-corrected chi connectivity index (χ3v) is 5.09. The van der Waals surface area contributed by atoms with Gasteiger partial charge in [-0.05, 0) is 55.0 Å². The number of fused-ring (bicyclic) bond motifs is 1. The number of hydrogen-bond donors (Lipinski definition) is 0. The van der Waals surface area contributed by atoms with Crippen LogP contribution in [0.3, 0.4) is 0 Å². The Morgan fingerprint density at radius 2 is 1.75 bits per heavy atom. The standard InChI is InChI=1S/C27H25NO4/c1-3-4-17-31-21-15-13-19(14-16-21)26(29)22(18-20-9-5-7-11-24(20)30-2)27-28-23-10-6-8-12-25(23)32-27/h5-16,18H,3-4,17H2,1-2H3. The highest BCUT2D eigenvalue weighted by Gasteiger charge is 2.21. The molecule has 0 aliphatic carbocycles. The molecule has 1 aromatic heterocycles. The summed E-state index contributed by atoms with van der Waals surface area (Å²) >= 11 is 0. The molecule has 162 valence electrons. The number of benzene rings is 3. The van der Waals surface area contributed by atoms with Crippen LogP contribution in [0.2, 0.25) is 0 Å². The van der Waals surface area contributed by atoms with Crippen LogP contribution in [-0.4, -0.2) is 24.5 Å². The molecule has 5 heteroatoms. The molecule has 3 aromatic carbocycles. The highest BCUT2D eigenvalue weighted by Crippen LogP contribution is 2.29. The summed E-state index contributed by atoms with van der Waals surface area (Å²) in [5, 5.41) is 0. The maximum Gasteiger partial charge on any atom is 0.231 e. The van der Waals surface area contributed by atoms with Crippen LogP contribution in [-0.2, 0) is 0 Å². The van der Waals surface area contributed by atoms with Crippen molar-refractivity contribution in [3.05, 3.63) is 89.8 Å². The van der Waals surface area contributed by atoms with Gasteiger partial charge in [0, 0.05) is 11.1 Å². The molecule has 0 N–H and O–H groups in total. The fourth-order valence-corrected chi connectivity index (χ4v) is 3.35. The van der Waals surface area contributed by atoms with E-state index in [0.717, 1.165) is 24.2 Å². The van der Waals surface area contributed by atoms with Gasteiger partial charge in [-0.25, -0.2) is 4.98 Å². The predicted octanol–water partition coefficient (Wildman–Crippen LogP) is 6.44. The minimum Gasteiger partial charge on any atom is -0.496 e. The molecule has 0 fully saturated rings. The summed E-state index contributed by atoms with van der Waals surface area (Å²) in [6, 6.07) is 22.1. The first-order chi connectivity index (χ1) is 15.7. The molecule has 0 saturated heterocycles. The molecule has 0 spiro atoms. The highest BCUT2D eigenvalue weighted by atomic mass is 16.5. The maximum atomic E-state index is 13.5. The minimum absolute atomic E-state index is 0.192. The monoisotopic (exact) mass is 427 g/mol. The fraction of sp³-hybridized carbons (Fsp3) is 0.185. The fourth-order valence-electron chi connectivity index (χ4n) is 3.35. The lowest BCUT2D eigenvalue weighted by Crippen LogP contribution is -2.04. The number of nitrogens with zero attached hydrogens (tertiary/aromatic N) is 1. The number of carbonyl (C=O) groups is 1. The summed E-state index contributed by atoms with van der Waals surface area (Å²) < 4.78 is 17.1. The average Bonchev–Trinajstić information content (AvgIpc) is 3.27. The van der Waals surface area contributed by atoms with Gasteiger partial charge < -0.3 is 13.9 Å². The maximum absolute atomic E-state index is 13.5. The summed E-state index contributed by atoms with van der Waals surface area (Å²) in [7, 11) is 1.60. The molecule has 1 heterocycles. The van der Waals surface area contributed by atoms with Crippen molar-refractivity contribution < 1.29 is 18.7 Å². The number of oxazole rings is 1. The summed E-state index contributed by atoms with van der Waals surface area (Å²) in [5.74, 6) is 1.48. The summed E-state index contributed by atoms with van der Waals surface area (Å²) in [6.45, 7) is 2.78. The number of allylic oxidation sites excluding steroid dienone is 1. The Morgan fingerprint density at radius 3 is 2.50 bits per heavy atom. The second-order valence-corrected chi connectivity index (χ2v) is 7.34. The van der Waals surface area contributed by atoms with E-state index in [1.807, 2.05) is 60.7 Å². The van der Waals surface area contributed by atoms with E-state index in [-0.39, 0.29) is 11.7 Å². The zero-order chi connectivity index (χ0) is 22.3. The molecule has 5 nitrogen and oxygen atoms in total. The number of ketones is 1. The van der Waals surface area contributed by atoms with E-state index in [1.54, 1.807) is 25.3 Å². The molecular weight excluding hydrogens is 402 g/mol. The van der Waals surface area contributed by atoms with E-state index in [4.69, 9.17) is 13.9 Å². The van der Waals surface area contributed by atoms with Crippen molar-refractivity contribution in [3.63, 3.8) is 0 Å². The number of hydrogen-bond acceptors (Lipinski definition) is 5. The van der Waals surface area contributed by atoms with Crippen molar-refractivity contribution in [2.24, 2.45) is 0 Å². The van der Waals surface area contributed by atoms with Crippen molar-refractivity contribution in [1.29, 1.82) is 0 Å². The van der Waals surface area contributed by atoms with Crippen LogP contribution in [0.5, 0.6) is 11.5 Å². The molecule has 0 aliphatic heterocycles. The Bertz CT molecular complexity index is 1210. The first-order valence-electron chi connectivity index (χ1n) is 10.7. The SMILES string of the molecule is CCCCOc1ccc(C(=O)C(=Cc2ccccc2OC)c2nc3ccccc3o2)cc1.